The zero-order valence-electron chi connectivity index (χ0n) is 14.9. The van der Waals surface area contributed by atoms with Gasteiger partial charge < -0.3 is 15.4 Å². The van der Waals surface area contributed by atoms with E-state index < -0.39 is 23.2 Å². The zero-order valence-corrected chi connectivity index (χ0v) is 15.6. The standard InChI is InChI=1S/C19H19ClF3N3O2/c20-13-2-1-3-14(8-13)26-17-9-16(19(21,22)23)15(11-24-17)18(27)25-10-12-4-6-28-7-5-12/h1-3,8-9,11-12H,4-7,10H2,(H,24,26)(H,25,27). The quantitative estimate of drug-likeness (QED) is 0.748. The van der Waals surface area contributed by atoms with Gasteiger partial charge in [0.25, 0.3) is 5.91 Å². The van der Waals surface area contributed by atoms with E-state index in [1.54, 1.807) is 24.3 Å². The maximum atomic E-state index is 13.5. The van der Waals surface area contributed by atoms with Crippen molar-refractivity contribution in [2.75, 3.05) is 25.1 Å². The number of hydrogen-bond donors (Lipinski definition) is 2. The Hall–Kier alpha value is -2.32. The third kappa shape index (κ3) is 5.36. The first-order chi connectivity index (χ1) is 13.3. The number of anilines is 2. The van der Waals surface area contributed by atoms with Crippen molar-refractivity contribution in [2.24, 2.45) is 5.92 Å². The van der Waals surface area contributed by atoms with E-state index >= 15 is 0 Å². The summed E-state index contributed by atoms with van der Waals surface area (Å²) in [6.45, 7) is 1.50. The van der Waals surface area contributed by atoms with Crippen molar-refractivity contribution in [1.82, 2.24) is 10.3 Å². The Labute approximate surface area is 165 Å². The molecule has 0 radical (unpaired) electrons. The minimum Gasteiger partial charge on any atom is -0.381 e. The third-order valence-electron chi connectivity index (χ3n) is 4.44. The van der Waals surface area contributed by atoms with Crippen LogP contribution in [0.2, 0.25) is 5.02 Å². The fraction of sp³-hybridized carbons (Fsp3) is 0.368. The second-order valence-electron chi connectivity index (χ2n) is 6.51. The molecule has 0 atom stereocenters. The van der Waals surface area contributed by atoms with Crippen molar-refractivity contribution in [3.05, 3.63) is 52.7 Å². The zero-order chi connectivity index (χ0) is 20.1. The van der Waals surface area contributed by atoms with Crippen molar-refractivity contribution in [1.29, 1.82) is 0 Å². The Morgan fingerprint density at radius 1 is 1.25 bits per heavy atom. The van der Waals surface area contributed by atoms with E-state index in [4.69, 9.17) is 16.3 Å². The Kier molecular flexibility index (Phi) is 6.41. The van der Waals surface area contributed by atoms with E-state index in [1.165, 1.54) is 0 Å². The Morgan fingerprint density at radius 2 is 2.00 bits per heavy atom. The number of aromatic nitrogens is 1. The number of pyridine rings is 1. The lowest BCUT2D eigenvalue weighted by Crippen LogP contribution is -2.33. The van der Waals surface area contributed by atoms with Gasteiger partial charge in [-0.2, -0.15) is 13.2 Å². The molecule has 1 aliphatic rings. The summed E-state index contributed by atoms with van der Waals surface area (Å²) in [7, 11) is 0. The Bertz CT molecular complexity index is 839. The number of ether oxygens (including phenoxy) is 1. The highest BCUT2D eigenvalue weighted by molar-refractivity contribution is 6.30. The lowest BCUT2D eigenvalue weighted by atomic mass is 10.00. The first-order valence-corrected chi connectivity index (χ1v) is 9.16. The summed E-state index contributed by atoms with van der Waals surface area (Å²) >= 11 is 5.88. The largest absolute Gasteiger partial charge is 0.417 e. The second-order valence-corrected chi connectivity index (χ2v) is 6.95. The molecule has 2 heterocycles. The lowest BCUT2D eigenvalue weighted by Gasteiger charge is -2.22. The fourth-order valence-electron chi connectivity index (χ4n) is 2.94. The van der Waals surface area contributed by atoms with Crippen LogP contribution in [0.4, 0.5) is 24.7 Å². The smallest absolute Gasteiger partial charge is 0.381 e. The number of carbonyl (C=O) groups excluding carboxylic acids is 1. The van der Waals surface area contributed by atoms with E-state index in [1.807, 2.05) is 0 Å². The number of carbonyl (C=O) groups is 1. The highest BCUT2D eigenvalue weighted by atomic mass is 35.5. The number of nitrogens with zero attached hydrogens (tertiary/aromatic N) is 1. The predicted octanol–water partition coefficient (Wildman–Crippen LogP) is 4.65. The Balaban J connectivity index is 1.77. The van der Waals surface area contributed by atoms with E-state index in [0.717, 1.165) is 25.1 Å². The molecular weight excluding hydrogens is 395 g/mol. The molecule has 0 unspecified atom stereocenters. The third-order valence-corrected chi connectivity index (χ3v) is 4.68. The average molecular weight is 414 g/mol. The molecule has 1 amide bonds. The minimum absolute atomic E-state index is 0.0319. The van der Waals surface area contributed by atoms with Crippen molar-refractivity contribution in [3.63, 3.8) is 0 Å². The number of halogens is 4. The van der Waals surface area contributed by atoms with Gasteiger partial charge in [-0.1, -0.05) is 17.7 Å². The predicted molar refractivity (Wildman–Crippen MR) is 99.8 cm³/mol. The summed E-state index contributed by atoms with van der Waals surface area (Å²) in [4.78, 5) is 16.3. The van der Waals surface area contributed by atoms with Crippen LogP contribution in [0.25, 0.3) is 0 Å². The van der Waals surface area contributed by atoms with Crippen LogP contribution >= 0.6 is 11.6 Å². The summed E-state index contributed by atoms with van der Waals surface area (Å²) in [5.41, 5.74) is -1.06. The van der Waals surface area contributed by atoms with Crippen LogP contribution in [0.1, 0.15) is 28.8 Å². The van der Waals surface area contributed by atoms with Crippen LogP contribution in [0, 0.1) is 5.92 Å². The summed E-state index contributed by atoms with van der Waals surface area (Å²) in [6.07, 6.45) is -2.21. The molecule has 3 rings (SSSR count). The van der Waals surface area contributed by atoms with Crippen LogP contribution < -0.4 is 10.6 Å². The average Bonchev–Trinajstić information content (AvgIpc) is 2.66. The van der Waals surface area contributed by atoms with E-state index in [2.05, 4.69) is 15.6 Å². The molecule has 1 aromatic carbocycles. The molecule has 1 aromatic heterocycles. The molecule has 9 heteroatoms. The monoisotopic (exact) mass is 413 g/mol. The molecule has 1 saturated heterocycles. The van der Waals surface area contributed by atoms with E-state index in [0.29, 0.717) is 30.5 Å². The number of rotatable bonds is 5. The van der Waals surface area contributed by atoms with Crippen LogP contribution in [0.3, 0.4) is 0 Å². The summed E-state index contributed by atoms with van der Waals surface area (Å²) in [5, 5.41) is 5.79. The van der Waals surface area contributed by atoms with Gasteiger partial charge in [-0.15, -0.1) is 0 Å². The van der Waals surface area contributed by atoms with Gasteiger partial charge in [0, 0.05) is 36.7 Å². The molecule has 0 aliphatic carbocycles. The summed E-state index contributed by atoms with van der Waals surface area (Å²) in [5.74, 6) is -0.625. The molecule has 28 heavy (non-hydrogen) atoms. The first-order valence-electron chi connectivity index (χ1n) is 8.78. The molecule has 1 fully saturated rings. The highest BCUT2D eigenvalue weighted by Gasteiger charge is 2.36. The number of hydrogen-bond acceptors (Lipinski definition) is 4. The molecule has 2 N–H and O–H groups in total. The topological polar surface area (TPSA) is 63.2 Å². The van der Waals surface area contributed by atoms with Gasteiger partial charge in [0.05, 0.1) is 11.1 Å². The van der Waals surface area contributed by atoms with Crippen LogP contribution in [0.15, 0.2) is 36.5 Å². The van der Waals surface area contributed by atoms with Crippen LogP contribution in [0.5, 0.6) is 0 Å². The first kappa shape index (κ1) is 20.4. The van der Waals surface area contributed by atoms with Gasteiger partial charge in [-0.05, 0) is 43.0 Å². The second kappa shape index (κ2) is 8.79. The van der Waals surface area contributed by atoms with Crippen molar-refractivity contribution < 1.29 is 22.7 Å². The molecule has 2 aromatic rings. The normalized spacial score (nSPS) is 15.3. The van der Waals surface area contributed by atoms with Crippen LogP contribution in [-0.2, 0) is 10.9 Å². The maximum absolute atomic E-state index is 13.5. The van der Waals surface area contributed by atoms with Gasteiger partial charge in [-0.25, -0.2) is 4.98 Å². The minimum atomic E-state index is -4.70. The van der Waals surface area contributed by atoms with E-state index in [9.17, 15) is 18.0 Å². The Morgan fingerprint density at radius 3 is 2.68 bits per heavy atom. The molecule has 5 nitrogen and oxygen atoms in total. The summed E-state index contributed by atoms with van der Waals surface area (Å²) in [6, 6.07) is 7.34. The lowest BCUT2D eigenvalue weighted by molar-refractivity contribution is -0.137. The van der Waals surface area contributed by atoms with Crippen molar-refractivity contribution >= 4 is 29.0 Å². The molecule has 1 aliphatic heterocycles. The number of nitrogens with one attached hydrogen (secondary N) is 2. The van der Waals surface area contributed by atoms with Crippen molar-refractivity contribution in [3.8, 4) is 0 Å². The SMILES string of the molecule is O=C(NCC1CCOCC1)c1cnc(Nc2cccc(Cl)c2)cc1C(F)(F)F. The fourth-order valence-corrected chi connectivity index (χ4v) is 3.13. The molecule has 0 bridgehead atoms. The molecule has 150 valence electrons. The van der Waals surface area contributed by atoms with Gasteiger partial charge in [0.1, 0.15) is 5.82 Å². The van der Waals surface area contributed by atoms with Gasteiger partial charge in [0.2, 0.25) is 0 Å². The molecular formula is C19H19ClF3N3O2. The van der Waals surface area contributed by atoms with E-state index in [-0.39, 0.29) is 11.7 Å². The number of amides is 1. The highest BCUT2D eigenvalue weighted by Crippen LogP contribution is 2.34. The number of alkyl halides is 3. The maximum Gasteiger partial charge on any atom is 0.417 e. The van der Waals surface area contributed by atoms with Crippen LogP contribution in [-0.4, -0.2) is 30.6 Å². The van der Waals surface area contributed by atoms with Gasteiger partial charge in [-0.3, -0.25) is 4.79 Å². The van der Waals surface area contributed by atoms with Crippen molar-refractivity contribution in [2.45, 2.75) is 19.0 Å². The molecule has 0 spiro atoms. The van der Waals surface area contributed by atoms with Gasteiger partial charge >= 0.3 is 6.18 Å². The van der Waals surface area contributed by atoms with Gasteiger partial charge in [0.15, 0.2) is 0 Å². The molecule has 0 saturated carbocycles. The summed E-state index contributed by atoms with van der Waals surface area (Å²) < 4.78 is 45.8. The number of benzene rings is 1.